The van der Waals surface area contributed by atoms with E-state index in [1.807, 2.05) is 4.98 Å². The first-order chi connectivity index (χ1) is 8.69. The zero-order valence-corrected chi connectivity index (χ0v) is 10.8. The number of aliphatic hydroxyl groups is 1. The van der Waals surface area contributed by atoms with E-state index in [0.29, 0.717) is 10.5 Å². The van der Waals surface area contributed by atoms with Gasteiger partial charge < -0.3 is 19.7 Å². The van der Waals surface area contributed by atoms with Crippen molar-refractivity contribution >= 4 is 7.60 Å². The minimum Gasteiger partial charge on any atom is -0.406 e. The van der Waals surface area contributed by atoms with E-state index in [4.69, 9.17) is 14.6 Å². The lowest BCUT2D eigenvalue weighted by atomic mass is 10.4. The van der Waals surface area contributed by atoms with Crippen LogP contribution < -0.4 is 16.1 Å². The molecule has 0 aromatic carbocycles. The average Bonchev–Trinajstić information content (AvgIpc) is 2.28. The number of nitrogens with one attached hydrogen (secondary N) is 1. The Kier molecular flexibility index (Phi) is 4.84. The van der Waals surface area contributed by atoms with Crippen molar-refractivity contribution < 1.29 is 24.3 Å². The summed E-state index contributed by atoms with van der Waals surface area (Å²) in [5, 5.41) is 9.35. The van der Waals surface area contributed by atoms with Crippen molar-refractivity contribution in [3.8, 4) is 0 Å². The van der Waals surface area contributed by atoms with Crippen molar-refractivity contribution in [2.75, 3.05) is 6.61 Å². The van der Waals surface area contributed by atoms with Gasteiger partial charge in [-0.25, -0.2) is 4.79 Å². The number of aromatic amines is 1. The summed E-state index contributed by atoms with van der Waals surface area (Å²) in [5.74, 6) is 0.530. The van der Waals surface area contributed by atoms with Crippen LogP contribution in [0.5, 0.6) is 0 Å². The summed E-state index contributed by atoms with van der Waals surface area (Å²) in [4.78, 5) is 46.3. The Morgan fingerprint density at radius 1 is 1.53 bits per heavy atom. The van der Waals surface area contributed by atoms with E-state index in [1.165, 1.54) is 6.92 Å². The van der Waals surface area contributed by atoms with Gasteiger partial charge in [-0.05, 0) is 13.0 Å². The molecule has 1 atom stereocenters. The monoisotopic (exact) mass is 292 g/mol. The van der Waals surface area contributed by atoms with Gasteiger partial charge in [-0.15, -0.1) is 4.73 Å². The van der Waals surface area contributed by atoms with Crippen LogP contribution in [-0.2, 0) is 4.57 Å². The second kappa shape index (κ2) is 5.98. The summed E-state index contributed by atoms with van der Waals surface area (Å²) in [6, 6.07) is 0. The molecular formula is C9H13N2O7P. The maximum absolute atomic E-state index is 11.3. The van der Waals surface area contributed by atoms with E-state index >= 15 is 0 Å². The predicted octanol–water partition coefficient (Wildman–Crippen LogP) is -1.67. The Labute approximate surface area is 106 Å². The van der Waals surface area contributed by atoms with E-state index in [0.717, 1.165) is 12.3 Å². The Morgan fingerprint density at radius 3 is 2.74 bits per heavy atom. The summed E-state index contributed by atoms with van der Waals surface area (Å²) < 4.78 is 11.2. The minimum atomic E-state index is -4.35. The lowest BCUT2D eigenvalue weighted by molar-refractivity contribution is 0.0393. The number of hydrogen-bond acceptors (Lipinski definition) is 5. The third-order valence-electron chi connectivity index (χ3n) is 1.98. The third kappa shape index (κ3) is 5.23. The topological polar surface area (TPSA) is 142 Å². The second-order valence-corrected chi connectivity index (χ2v) is 5.17. The smallest absolute Gasteiger partial charge is 0.361 e. The van der Waals surface area contributed by atoms with Gasteiger partial charge in [0, 0.05) is 11.4 Å². The molecule has 0 aliphatic rings. The van der Waals surface area contributed by atoms with Crippen molar-refractivity contribution in [1.29, 1.82) is 0 Å². The fourth-order valence-corrected chi connectivity index (χ4v) is 1.49. The molecule has 1 aromatic rings. The third-order valence-corrected chi connectivity index (χ3v) is 2.54. The highest BCUT2D eigenvalue weighted by Crippen LogP contribution is 2.35. The first-order valence-corrected chi connectivity index (χ1v) is 6.76. The second-order valence-electron chi connectivity index (χ2n) is 3.69. The number of hydrogen-bond donors (Lipinski definition) is 4. The van der Waals surface area contributed by atoms with E-state index in [2.05, 4.69) is 0 Å². The van der Waals surface area contributed by atoms with Crippen LogP contribution in [-0.4, -0.2) is 37.3 Å². The summed E-state index contributed by atoms with van der Waals surface area (Å²) in [6.07, 6.45) is 0.678. The fraction of sp³-hybridized carbons (Fsp3) is 0.333. The molecule has 4 N–H and O–H groups in total. The highest BCUT2D eigenvalue weighted by Gasteiger charge is 2.09. The Balaban J connectivity index is 2.70. The molecule has 1 aromatic heterocycles. The molecule has 0 bridgehead atoms. The molecule has 0 unspecified atom stereocenters. The van der Waals surface area contributed by atoms with E-state index in [9.17, 15) is 19.3 Å². The first-order valence-electron chi connectivity index (χ1n) is 5.07. The minimum absolute atomic E-state index is 0.236. The zero-order chi connectivity index (χ0) is 14.6. The lowest BCUT2D eigenvalue weighted by Gasteiger charge is -2.10. The molecule has 10 heteroatoms. The van der Waals surface area contributed by atoms with E-state index in [-0.39, 0.29) is 5.56 Å². The van der Waals surface area contributed by atoms with Crippen LogP contribution >= 0.6 is 7.60 Å². The van der Waals surface area contributed by atoms with Crippen LogP contribution in [0, 0.1) is 6.92 Å². The molecule has 106 valence electrons. The number of nitrogens with zero attached hydrogens (tertiary/aromatic N) is 1. The van der Waals surface area contributed by atoms with Crippen LogP contribution in [0.2, 0.25) is 0 Å². The van der Waals surface area contributed by atoms with E-state index in [1.54, 1.807) is 0 Å². The molecule has 19 heavy (non-hydrogen) atoms. The Hall–Kier alpha value is -1.67. The maximum atomic E-state index is 11.3. The molecule has 1 heterocycles. The number of H-pyrrole nitrogens is 1. The molecule has 0 saturated heterocycles. The first kappa shape index (κ1) is 15.4. The highest BCUT2D eigenvalue weighted by atomic mass is 31.2. The largest absolute Gasteiger partial charge is 0.406 e. The van der Waals surface area contributed by atoms with Gasteiger partial charge in [0.15, 0.2) is 0 Å². The number of aryl methyl sites for hydroxylation is 1. The standard InChI is InChI=1S/C9H13N2O7P/c1-6-4-11(9(14)10-8(6)13)18-5-7(12)2-3-19(15,16)17/h2-4,7,12H,5H2,1H3,(H,10,13,14)(H2,15,16,17)/b3-2+/t7-/m1/s1. The van der Waals surface area contributed by atoms with Crippen LogP contribution in [0.4, 0.5) is 0 Å². The van der Waals surface area contributed by atoms with Crippen molar-refractivity contribution in [2.24, 2.45) is 0 Å². The summed E-state index contributed by atoms with van der Waals surface area (Å²) >= 11 is 0. The van der Waals surface area contributed by atoms with Gasteiger partial charge in [-0.2, -0.15) is 0 Å². The van der Waals surface area contributed by atoms with Gasteiger partial charge in [0.25, 0.3) is 5.56 Å². The molecule has 1 rings (SSSR count). The normalized spacial score (nSPS) is 13.7. The van der Waals surface area contributed by atoms with Gasteiger partial charge in [0.2, 0.25) is 0 Å². The molecule has 9 nitrogen and oxygen atoms in total. The number of aromatic nitrogens is 2. The summed E-state index contributed by atoms with van der Waals surface area (Å²) in [6.45, 7) is 1.05. The van der Waals surface area contributed by atoms with Crippen LogP contribution in [0.15, 0.2) is 27.7 Å². The van der Waals surface area contributed by atoms with Crippen LogP contribution in [0.3, 0.4) is 0 Å². The summed E-state index contributed by atoms with van der Waals surface area (Å²) in [5.41, 5.74) is -1.13. The quantitative estimate of drug-likeness (QED) is 0.475. The molecule has 0 spiro atoms. The van der Waals surface area contributed by atoms with Crippen LogP contribution in [0.1, 0.15) is 5.56 Å². The predicted molar refractivity (Wildman–Crippen MR) is 64.7 cm³/mol. The Bertz CT molecular complexity index is 626. The molecule has 0 fully saturated rings. The maximum Gasteiger partial charge on any atom is 0.361 e. The molecule has 0 saturated carbocycles. The van der Waals surface area contributed by atoms with Gasteiger partial charge in [0.05, 0.1) is 6.20 Å². The van der Waals surface area contributed by atoms with Crippen LogP contribution in [0.25, 0.3) is 0 Å². The SMILES string of the molecule is Cc1cn(OC[C@H](O)/C=C/P(=O)(O)O)c(=O)[nH]c1=O. The molecule has 0 aliphatic carbocycles. The molecule has 0 radical (unpaired) electrons. The number of rotatable bonds is 5. The fourth-order valence-electron chi connectivity index (χ4n) is 1.06. The van der Waals surface area contributed by atoms with Crippen molar-refractivity contribution in [1.82, 2.24) is 9.71 Å². The van der Waals surface area contributed by atoms with E-state index < -0.39 is 31.6 Å². The Morgan fingerprint density at radius 2 is 2.16 bits per heavy atom. The van der Waals surface area contributed by atoms with Crippen molar-refractivity contribution in [3.63, 3.8) is 0 Å². The summed E-state index contributed by atoms with van der Waals surface area (Å²) in [7, 11) is -4.35. The van der Waals surface area contributed by atoms with Gasteiger partial charge >= 0.3 is 13.3 Å². The van der Waals surface area contributed by atoms with Gasteiger partial charge in [-0.3, -0.25) is 14.3 Å². The molecule has 0 aliphatic heterocycles. The average molecular weight is 292 g/mol. The van der Waals surface area contributed by atoms with Crippen molar-refractivity contribution in [3.05, 3.63) is 44.5 Å². The van der Waals surface area contributed by atoms with Gasteiger partial charge in [0.1, 0.15) is 12.7 Å². The molecular weight excluding hydrogens is 279 g/mol. The zero-order valence-electron chi connectivity index (χ0n) is 9.89. The lowest BCUT2D eigenvalue weighted by Crippen LogP contribution is -2.36. The molecule has 0 amide bonds. The van der Waals surface area contributed by atoms with Gasteiger partial charge in [-0.1, -0.05) is 0 Å². The highest BCUT2D eigenvalue weighted by molar-refractivity contribution is 7.55. The van der Waals surface area contributed by atoms with Crippen molar-refractivity contribution in [2.45, 2.75) is 13.0 Å². The number of aliphatic hydroxyl groups excluding tert-OH is 1.